The van der Waals surface area contributed by atoms with Crippen LogP contribution in [0.4, 0.5) is 23.0 Å². The number of carbonyl (C=O) groups excluding carboxylic acids is 1. The summed E-state index contributed by atoms with van der Waals surface area (Å²) in [4.78, 5) is 24.4. The van der Waals surface area contributed by atoms with Crippen LogP contribution in [-0.4, -0.2) is 69.2 Å². The molecule has 1 atom stereocenters. The Morgan fingerprint density at radius 3 is 2.44 bits per heavy atom. The molecular formula is C29H35N5O4S. The molecule has 1 saturated heterocycles. The molecule has 2 aromatic carbocycles. The average Bonchev–Trinajstić information content (AvgIpc) is 2.94. The van der Waals surface area contributed by atoms with E-state index >= 15 is 0 Å². The van der Waals surface area contributed by atoms with Crippen LogP contribution in [0.5, 0.6) is 11.5 Å². The number of anilines is 4. The molecule has 1 N–H and O–H groups in total. The zero-order chi connectivity index (χ0) is 27.7. The van der Waals surface area contributed by atoms with Gasteiger partial charge in [0.15, 0.2) is 21.4 Å². The van der Waals surface area contributed by atoms with E-state index in [4.69, 9.17) is 9.72 Å². The number of nitrogens with zero attached hydrogens (tertiary/aromatic N) is 4. The Bertz CT molecular complexity index is 1460. The van der Waals surface area contributed by atoms with Crippen molar-refractivity contribution < 1.29 is 17.9 Å². The Kier molecular flexibility index (Phi) is 7.51. The molecule has 0 saturated carbocycles. The normalized spacial score (nSPS) is 18.7. The SMILES string of the molecule is CCS(=O)(=O)c1ccc(Oc2ccccc2)c(Nc2ccc3c(n2)N(C2CCN(C)CC2)[C@H](C)C(=O)N3C)c1. The molecule has 3 aromatic rings. The molecule has 1 fully saturated rings. The van der Waals surface area contributed by atoms with Crippen molar-refractivity contribution in [3.05, 3.63) is 60.7 Å². The summed E-state index contributed by atoms with van der Waals surface area (Å²) < 4.78 is 31.5. The first-order valence-electron chi connectivity index (χ1n) is 13.3. The third-order valence-electron chi connectivity index (χ3n) is 7.57. The predicted octanol–water partition coefficient (Wildman–Crippen LogP) is 4.68. The Morgan fingerprint density at radius 1 is 1.03 bits per heavy atom. The summed E-state index contributed by atoms with van der Waals surface area (Å²) in [6.45, 7) is 5.49. The minimum atomic E-state index is -3.44. The van der Waals surface area contributed by atoms with Gasteiger partial charge in [-0.2, -0.15) is 0 Å². The van der Waals surface area contributed by atoms with Crippen LogP contribution in [0.15, 0.2) is 65.6 Å². The van der Waals surface area contributed by atoms with Gasteiger partial charge in [0.1, 0.15) is 17.6 Å². The fraction of sp³-hybridized carbons (Fsp3) is 0.379. The van der Waals surface area contributed by atoms with Crippen LogP contribution in [0.3, 0.4) is 0 Å². The summed E-state index contributed by atoms with van der Waals surface area (Å²) in [5, 5.41) is 3.31. The molecule has 39 heavy (non-hydrogen) atoms. The van der Waals surface area contributed by atoms with Crippen LogP contribution in [0.1, 0.15) is 26.7 Å². The largest absolute Gasteiger partial charge is 0.455 e. The zero-order valence-corrected chi connectivity index (χ0v) is 23.6. The minimum Gasteiger partial charge on any atom is -0.455 e. The highest BCUT2D eigenvalue weighted by atomic mass is 32.2. The number of sulfone groups is 1. The highest BCUT2D eigenvalue weighted by Crippen LogP contribution is 2.40. The van der Waals surface area contributed by atoms with E-state index in [9.17, 15) is 13.2 Å². The van der Waals surface area contributed by atoms with Gasteiger partial charge in [0.25, 0.3) is 0 Å². The fourth-order valence-electron chi connectivity index (χ4n) is 5.24. The van der Waals surface area contributed by atoms with E-state index in [0.717, 1.165) is 37.4 Å². The van der Waals surface area contributed by atoms with Gasteiger partial charge in [0.2, 0.25) is 5.91 Å². The molecule has 206 valence electrons. The minimum absolute atomic E-state index is 0.00773. The molecule has 5 rings (SSSR count). The predicted molar refractivity (Wildman–Crippen MR) is 154 cm³/mol. The number of aromatic nitrogens is 1. The number of likely N-dealkylation sites (tertiary alicyclic amines) is 1. The van der Waals surface area contributed by atoms with E-state index in [1.54, 1.807) is 43.1 Å². The van der Waals surface area contributed by atoms with Crippen LogP contribution < -0.4 is 19.9 Å². The van der Waals surface area contributed by atoms with Crippen molar-refractivity contribution in [3.8, 4) is 11.5 Å². The Morgan fingerprint density at radius 2 is 1.74 bits per heavy atom. The van der Waals surface area contributed by atoms with E-state index in [-0.39, 0.29) is 28.6 Å². The lowest BCUT2D eigenvalue weighted by molar-refractivity contribution is -0.119. The van der Waals surface area contributed by atoms with Crippen molar-refractivity contribution in [2.75, 3.05) is 48.1 Å². The van der Waals surface area contributed by atoms with Crippen LogP contribution >= 0.6 is 0 Å². The third kappa shape index (κ3) is 5.44. The van der Waals surface area contributed by atoms with E-state index in [1.807, 2.05) is 43.3 Å². The van der Waals surface area contributed by atoms with E-state index in [0.29, 0.717) is 23.0 Å². The van der Waals surface area contributed by atoms with Crippen LogP contribution in [0.25, 0.3) is 0 Å². The number of rotatable bonds is 7. The molecular weight excluding hydrogens is 514 g/mol. The highest BCUT2D eigenvalue weighted by molar-refractivity contribution is 7.91. The first kappa shape index (κ1) is 27.0. The van der Waals surface area contributed by atoms with Crippen molar-refractivity contribution >= 4 is 38.8 Å². The molecule has 3 heterocycles. The number of piperidine rings is 1. The van der Waals surface area contributed by atoms with Gasteiger partial charge in [0, 0.05) is 13.1 Å². The Balaban J connectivity index is 1.54. The molecule has 10 heteroatoms. The molecule has 1 amide bonds. The lowest BCUT2D eigenvalue weighted by Crippen LogP contribution is -2.57. The molecule has 0 bridgehead atoms. The Labute approximate surface area is 230 Å². The van der Waals surface area contributed by atoms with Crippen molar-refractivity contribution in [2.24, 2.45) is 0 Å². The van der Waals surface area contributed by atoms with Gasteiger partial charge < -0.3 is 24.8 Å². The number of benzene rings is 2. The summed E-state index contributed by atoms with van der Waals surface area (Å²) in [6.07, 6.45) is 1.89. The molecule has 1 aromatic heterocycles. The fourth-order valence-corrected chi connectivity index (χ4v) is 6.14. The number of amides is 1. The molecule has 9 nitrogen and oxygen atoms in total. The van der Waals surface area contributed by atoms with E-state index in [2.05, 4.69) is 22.2 Å². The van der Waals surface area contributed by atoms with Gasteiger partial charge in [-0.25, -0.2) is 13.4 Å². The van der Waals surface area contributed by atoms with Gasteiger partial charge in [-0.05, 0) is 82.4 Å². The molecule has 0 aliphatic carbocycles. The topological polar surface area (TPSA) is 95.1 Å². The van der Waals surface area contributed by atoms with Crippen molar-refractivity contribution in [1.82, 2.24) is 9.88 Å². The number of hydrogen-bond acceptors (Lipinski definition) is 8. The van der Waals surface area contributed by atoms with Gasteiger partial charge >= 0.3 is 0 Å². The number of carbonyl (C=O) groups is 1. The number of fused-ring (bicyclic) bond motifs is 1. The van der Waals surface area contributed by atoms with Crippen LogP contribution in [0, 0.1) is 0 Å². The Hall–Kier alpha value is -3.63. The van der Waals surface area contributed by atoms with Crippen LogP contribution in [0.2, 0.25) is 0 Å². The molecule has 0 radical (unpaired) electrons. The quantitative estimate of drug-likeness (QED) is 0.454. The number of hydrogen-bond donors (Lipinski definition) is 1. The third-order valence-corrected chi connectivity index (χ3v) is 9.30. The van der Waals surface area contributed by atoms with Crippen molar-refractivity contribution in [2.45, 2.75) is 43.7 Å². The first-order chi connectivity index (χ1) is 18.7. The highest BCUT2D eigenvalue weighted by Gasteiger charge is 2.39. The summed E-state index contributed by atoms with van der Waals surface area (Å²) in [6, 6.07) is 17.7. The maximum absolute atomic E-state index is 13.1. The standard InChI is InChI=1S/C29H35N5O4S/c1-5-39(36,37)23-11-13-26(38-22-9-7-6-8-10-22)24(19-23)30-27-14-12-25-28(31-27)34(20(2)29(35)33(25)4)21-15-17-32(3)18-16-21/h6-14,19-21H,5,15-18H2,1-4H3,(H,30,31)/t20-/m1/s1. The molecule has 0 spiro atoms. The van der Waals surface area contributed by atoms with E-state index < -0.39 is 9.84 Å². The molecule has 2 aliphatic heterocycles. The van der Waals surface area contributed by atoms with E-state index in [1.165, 1.54) is 0 Å². The molecule has 2 aliphatic rings. The maximum atomic E-state index is 13.1. The maximum Gasteiger partial charge on any atom is 0.249 e. The monoisotopic (exact) mass is 549 g/mol. The second-order valence-corrected chi connectivity index (χ2v) is 12.4. The second-order valence-electron chi connectivity index (χ2n) is 10.2. The van der Waals surface area contributed by atoms with Gasteiger partial charge in [-0.3, -0.25) is 4.79 Å². The van der Waals surface area contributed by atoms with Crippen molar-refractivity contribution in [1.29, 1.82) is 0 Å². The average molecular weight is 550 g/mol. The van der Waals surface area contributed by atoms with Crippen LogP contribution in [-0.2, 0) is 14.6 Å². The number of nitrogens with one attached hydrogen (secondary N) is 1. The number of likely N-dealkylation sites (N-methyl/N-ethyl adjacent to an activating group) is 1. The lowest BCUT2D eigenvalue weighted by Gasteiger charge is -2.45. The number of pyridine rings is 1. The smallest absolute Gasteiger partial charge is 0.249 e. The summed E-state index contributed by atoms with van der Waals surface area (Å²) in [5.74, 6) is 2.42. The summed E-state index contributed by atoms with van der Waals surface area (Å²) in [5.41, 5.74) is 1.24. The number of ether oxygens (including phenoxy) is 1. The first-order valence-corrected chi connectivity index (χ1v) is 15.0. The second kappa shape index (κ2) is 10.9. The molecule has 0 unspecified atom stereocenters. The zero-order valence-electron chi connectivity index (χ0n) is 22.8. The van der Waals surface area contributed by atoms with Gasteiger partial charge in [0.05, 0.1) is 22.0 Å². The van der Waals surface area contributed by atoms with Gasteiger partial charge in [-0.15, -0.1) is 0 Å². The number of para-hydroxylation sites is 1. The summed E-state index contributed by atoms with van der Waals surface area (Å²) in [7, 11) is 0.459. The van der Waals surface area contributed by atoms with Gasteiger partial charge in [-0.1, -0.05) is 25.1 Å². The lowest BCUT2D eigenvalue weighted by atomic mass is 9.99. The van der Waals surface area contributed by atoms with Crippen molar-refractivity contribution in [3.63, 3.8) is 0 Å². The summed E-state index contributed by atoms with van der Waals surface area (Å²) >= 11 is 0.